The van der Waals surface area contributed by atoms with Crippen LogP contribution in [0, 0.1) is 13.8 Å². The SMILES string of the molecule is CCc1cc(C(=O)Nc2ccc(OC)c(-c3c(C)noc3C)c2)n(C)n1. The summed E-state index contributed by atoms with van der Waals surface area (Å²) in [4.78, 5) is 12.6. The molecule has 7 heteroatoms. The number of carbonyl (C=O) groups excluding carboxylic acids is 1. The van der Waals surface area contributed by atoms with Gasteiger partial charge in [0.1, 0.15) is 17.2 Å². The molecule has 2 aromatic heterocycles. The minimum atomic E-state index is -0.213. The monoisotopic (exact) mass is 354 g/mol. The van der Waals surface area contributed by atoms with Crippen molar-refractivity contribution < 1.29 is 14.1 Å². The fraction of sp³-hybridized carbons (Fsp3) is 0.316. The Balaban J connectivity index is 1.95. The van der Waals surface area contributed by atoms with Crippen molar-refractivity contribution in [3.8, 4) is 16.9 Å². The molecular formula is C19H22N4O3. The molecule has 0 saturated heterocycles. The first kappa shape index (κ1) is 17.7. The van der Waals surface area contributed by atoms with Crippen LogP contribution in [0.1, 0.15) is 34.6 Å². The lowest BCUT2D eigenvalue weighted by molar-refractivity contribution is 0.101. The van der Waals surface area contributed by atoms with Gasteiger partial charge in [-0.2, -0.15) is 5.10 Å². The number of hydrogen-bond donors (Lipinski definition) is 1. The zero-order valence-corrected chi connectivity index (χ0v) is 15.6. The average Bonchev–Trinajstić information content (AvgIpc) is 3.16. The van der Waals surface area contributed by atoms with Crippen LogP contribution in [0.5, 0.6) is 5.75 Å². The first-order chi connectivity index (χ1) is 12.4. The second-order valence-electron chi connectivity index (χ2n) is 6.07. The standard InChI is InChI=1S/C19H22N4O3/c1-6-13-10-16(23(4)21-13)19(24)20-14-7-8-17(25-5)15(9-14)18-11(2)22-26-12(18)3/h7-10H,6H2,1-5H3,(H,20,24). The normalized spacial score (nSPS) is 10.8. The lowest BCUT2D eigenvalue weighted by Gasteiger charge is -2.12. The quantitative estimate of drug-likeness (QED) is 0.758. The van der Waals surface area contributed by atoms with Crippen LogP contribution in [-0.4, -0.2) is 28.0 Å². The van der Waals surface area contributed by atoms with Gasteiger partial charge in [0, 0.05) is 18.3 Å². The summed E-state index contributed by atoms with van der Waals surface area (Å²) in [6.45, 7) is 5.73. The van der Waals surface area contributed by atoms with E-state index in [-0.39, 0.29) is 5.91 Å². The number of anilines is 1. The van der Waals surface area contributed by atoms with Crippen LogP contribution >= 0.6 is 0 Å². The Morgan fingerprint density at radius 3 is 2.65 bits per heavy atom. The maximum atomic E-state index is 12.6. The molecule has 3 aromatic rings. The number of methoxy groups -OCH3 is 1. The zero-order chi connectivity index (χ0) is 18.8. The summed E-state index contributed by atoms with van der Waals surface area (Å²) in [5.74, 6) is 1.17. The molecule has 0 bridgehead atoms. The topological polar surface area (TPSA) is 82.2 Å². The Morgan fingerprint density at radius 1 is 1.31 bits per heavy atom. The van der Waals surface area contributed by atoms with Crippen LogP contribution in [0.25, 0.3) is 11.1 Å². The molecule has 0 radical (unpaired) electrons. The molecule has 1 amide bonds. The number of hydrogen-bond acceptors (Lipinski definition) is 5. The molecule has 0 aliphatic rings. The Bertz CT molecular complexity index is 936. The van der Waals surface area contributed by atoms with Gasteiger partial charge in [-0.05, 0) is 44.5 Å². The summed E-state index contributed by atoms with van der Waals surface area (Å²) in [6, 6.07) is 7.28. The highest BCUT2D eigenvalue weighted by atomic mass is 16.5. The van der Waals surface area contributed by atoms with E-state index in [1.54, 1.807) is 31.0 Å². The summed E-state index contributed by atoms with van der Waals surface area (Å²) < 4.78 is 12.3. The van der Waals surface area contributed by atoms with E-state index in [2.05, 4.69) is 15.6 Å². The fourth-order valence-corrected chi connectivity index (χ4v) is 2.96. The predicted molar refractivity (Wildman–Crippen MR) is 98.5 cm³/mol. The maximum Gasteiger partial charge on any atom is 0.273 e. The van der Waals surface area contributed by atoms with Gasteiger partial charge in [0.05, 0.1) is 24.1 Å². The first-order valence-corrected chi connectivity index (χ1v) is 8.40. The summed E-state index contributed by atoms with van der Waals surface area (Å²) in [7, 11) is 3.37. The number of amides is 1. The molecule has 7 nitrogen and oxygen atoms in total. The number of nitrogens with one attached hydrogen (secondary N) is 1. The minimum absolute atomic E-state index is 0.213. The molecule has 0 fully saturated rings. The minimum Gasteiger partial charge on any atom is -0.496 e. The predicted octanol–water partition coefficient (Wildman–Crippen LogP) is 3.52. The number of ether oxygens (including phenoxy) is 1. The summed E-state index contributed by atoms with van der Waals surface area (Å²) >= 11 is 0. The lowest BCUT2D eigenvalue weighted by Crippen LogP contribution is -2.16. The molecule has 0 unspecified atom stereocenters. The second-order valence-corrected chi connectivity index (χ2v) is 6.07. The molecule has 0 spiro atoms. The Hall–Kier alpha value is -3.09. The molecule has 136 valence electrons. The van der Waals surface area contributed by atoms with E-state index in [4.69, 9.17) is 9.26 Å². The Kier molecular flexibility index (Phi) is 4.79. The molecule has 0 aliphatic carbocycles. The molecule has 0 atom stereocenters. The van der Waals surface area contributed by atoms with E-state index in [0.717, 1.165) is 28.9 Å². The maximum absolute atomic E-state index is 12.6. The zero-order valence-electron chi connectivity index (χ0n) is 15.6. The highest BCUT2D eigenvalue weighted by Crippen LogP contribution is 2.36. The van der Waals surface area contributed by atoms with Gasteiger partial charge < -0.3 is 14.6 Å². The van der Waals surface area contributed by atoms with Gasteiger partial charge in [0.15, 0.2) is 0 Å². The number of carbonyl (C=O) groups is 1. The van der Waals surface area contributed by atoms with Crippen molar-refractivity contribution in [3.63, 3.8) is 0 Å². The lowest BCUT2D eigenvalue weighted by atomic mass is 10.0. The van der Waals surface area contributed by atoms with Gasteiger partial charge >= 0.3 is 0 Å². The van der Waals surface area contributed by atoms with Gasteiger partial charge in [-0.1, -0.05) is 12.1 Å². The average molecular weight is 354 g/mol. The van der Waals surface area contributed by atoms with Gasteiger partial charge in [-0.25, -0.2) is 0 Å². The van der Waals surface area contributed by atoms with Crippen molar-refractivity contribution in [2.24, 2.45) is 7.05 Å². The summed E-state index contributed by atoms with van der Waals surface area (Å²) in [6.07, 6.45) is 0.778. The third-order valence-electron chi connectivity index (χ3n) is 4.29. The smallest absolute Gasteiger partial charge is 0.273 e. The van der Waals surface area contributed by atoms with Crippen molar-refractivity contribution in [2.45, 2.75) is 27.2 Å². The Labute approximate surface area is 151 Å². The molecule has 3 rings (SSSR count). The molecule has 0 aliphatic heterocycles. The van der Waals surface area contributed by atoms with Crippen LogP contribution in [0.2, 0.25) is 0 Å². The molecular weight excluding hydrogens is 332 g/mol. The van der Waals surface area contributed by atoms with E-state index in [0.29, 0.717) is 22.9 Å². The number of benzene rings is 1. The second kappa shape index (κ2) is 7.03. The van der Waals surface area contributed by atoms with Gasteiger partial charge in [-0.15, -0.1) is 0 Å². The van der Waals surface area contributed by atoms with Crippen LogP contribution < -0.4 is 10.1 Å². The van der Waals surface area contributed by atoms with Crippen LogP contribution in [-0.2, 0) is 13.5 Å². The third kappa shape index (κ3) is 3.20. The fourth-order valence-electron chi connectivity index (χ4n) is 2.96. The highest BCUT2D eigenvalue weighted by Gasteiger charge is 2.18. The van der Waals surface area contributed by atoms with E-state index >= 15 is 0 Å². The molecule has 2 heterocycles. The van der Waals surface area contributed by atoms with Gasteiger partial charge in [0.25, 0.3) is 5.91 Å². The van der Waals surface area contributed by atoms with Crippen molar-refractivity contribution in [3.05, 3.63) is 47.1 Å². The van der Waals surface area contributed by atoms with Crippen molar-refractivity contribution in [1.29, 1.82) is 0 Å². The molecule has 0 saturated carbocycles. The third-order valence-corrected chi connectivity index (χ3v) is 4.29. The van der Waals surface area contributed by atoms with Crippen LogP contribution in [0.3, 0.4) is 0 Å². The first-order valence-electron chi connectivity index (χ1n) is 8.40. The number of aromatic nitrogens is 3. The van der Waals surface area contributed by atoms with Gasteiger partial charge in [0.2, 0.25) is 0 Å². The van der Waals surface area contributed by atoms with Crippen LogP contribution in [0.15, 0.2) is 28.8 Å². The number of rotatable bonds is 5. The molecule has 26 heavy (non-hydrogen) atoms. The van der Waals surface area contributed by atoms with Crippen molar-refractivity contribution >= 4 is 11.6 Å². The molecule has 1 N–H and O–H groups in total. The van der Waals surface area contributed by atoms with E-state index < -0.39 is 0 Å². The van der Waals surface area contributed by atoms with Crippen LogP contribution in [0.4, 0.5) is 5.69 Å². The Morgan fingerprint density at radius 2 is 2.08 bits per heavy atom. The molecule has 1 aromatic carbocycles. The summed E-state index contributed by atoms with van der Waals surface area (Å²) in [5.41, 5.74) is 4.50. The summed E-state index contributed by atoms with van der Waals surface area (Å²) in [5, 5.41) is 11.2. The van der Waals surface area contributed by atoms with Crippen molar-refractivity contribution in [2.75, 3.05) is 12.4 Å². The highest BCUT2D eigenvalue weighted by molar-refractivity contribution is 6.03. The number of aryl methyl sites for hydroxylation is 4. The number of nitrogens with zero attached hydrogens (tertiary/aromatic N) is 3. The van der Waals surface area contributed by atoms with E-state index in [1.807, 2.05) is 32.9 Å². The van der Waals surface area contributed by atoms with Crippen molar-refractivity contribution in [1.82, 2.24) is 14.9 Å². The van der Waals surface area contributed by atoms with E-state index in [1.165, 1.54) is 0 Å². The van der Waals surface area contributed by atoms with E-state index in [9.17, 15) is 4.79 Å². The van der Waals surface area contributed by atoms with Gasteiger partial charge in [-0.3, -0.25) is 9.48 Å². The largest absolute Gasteiger partial charge is 0.496 e.